The van der Waals surface area contributed by atoms with Gasteiger partial charge in [-0.15, -0.1) is 0 Å². The van der Waals surface area contributed by atoms with Crippen LogP contribution in [0, 0.1) is 5.82 Å². The average molecular weight is 236 g/mol. The summed E-state index contributed by atoms with van der Waals surface area (Å²) in [7, 11) is 0. The SMILES string of the molecule is NNC(CCC(F)(F)F)c1cccc(F)c1. The van der Waals surface area contributed by atoms with E-state index in [0.717, 1.165) is 0 Å². The first-order chi connectivity index (χ1) is 7.42. The van der Waals surface area contributed by atoms with Crippen molar-refractivity contribution in [3.8, 4) is 0 Å². The molecule has 0 spiro atoms. The highest BCUT2D eigenvalue weighted by Gasteiger charge is 2.28. The lowest BCUT2D eigenvalue weighted by atomic mass is 10.0. The normalized spacial score (nSPS) is 13.8. The standard InChI is InChI=1S/C10H12F4N2/c11-8-3-1-2-7(6-8)9(16-15)4-5-10(12,13)14/h1-3,6,9,16H,4-5,15H2. The number of nitrogens with two attached hydrogens (primary N) is 1. The second kappa shape index (κ2) is 5.27. The van der Waals surface area contributed by atoms with Gasteiger partial charge in [-0.25, -0.2) is 4.39 Å². The van der Waals surface area contributed by atoms with Gasteiger partial charge in [0, 0.05) is 12.5 Å². The third kappa shape index (κ3) is 4.16. The second-order valence-electron chi connectivity index (χ2n) is 3.43. The van der Waals surface area contributed by atoms with Crippen LogP contribution in [0.1, 0.15) is 24.4 Å². The van der Waals surface area contributed by atoms with Crippen LogP contribution in [-0.2, 0) is 0 Å². The maximum absolute atomic E-state index is 12.8. The smallest absolute Gasteiger partial charge is 0.271 e. The Bertz CT molecular complexity index is 338. The molecule has 0 aliphatic heterocycles. The van der Waals surface area contributed by atoms with Crippen LogP contribution in [0.5, 0.6) is 0 Å². The summed E-state index contributed by atoms with van der Waals surface area (Å²) >= 11 is 0. The monoisotopic (exact) mass is 236 g/mol. The Balaban J connectivity index is 2.68. The molecule has 0 saturated carbocycles. The van der Waals surface area contributed by atoms with E-state index in [2.05, 4.69) is 5.43 Å². The number of benzene rings is 1. The zero-order valence-electron chi connectivity index (χ0n) is 8.39. The highest BCUT2D eigenvalue weighted by molar-refractivity contribution is 5.19. The van der Waals surface area contributed by atoms with Crippen molar-refractivity contribution in [3.63, 3.8) is 0 Å². The fraction of sp³-hybridized carbons (Fsp3) is 0.400. The molecule has 0 fully saturated rings. The van der Waals surface area contributed by atoms with Crippen molar-refractivity contribution in [2.24, 2.45) is 5.84 Å². The van der Waals surface area contributed by atoms with Gasteiger partial charge in [0.25, 0.3) is 0 Å². The van der Waals surface area contributed by atoms with Gasteiger partial charge in [0.1, 0.15) is 5.82 Å². The predicted molar refractivity (Wildman–Crippen MR) is 51.8 cm³/mol. The van der Waals surface area contributed by atoms with Crippen molar-refractivity contribution in [1.82, 2.24) is 5.43 Å². The third-order valence-corrected chi connectivity index (χ3v) is 2.17. The number of halogens is 4. The molecule has 2 nitrogen and oxygen atoms in total. The van der Waals surface area contributed by atoms with Crippen molar-refractivity contribution in [2.45, 2.75) is 25.1 Å². The molecule has 0 radical (unpaired) electrons. The first kappa shape index (κ1) is 12.9. The first-order valence-corrected chi connectivity index (χ1v) is 4.71. The summed E-state index contributed by atoms with van der Waals surface area (Å²) < 4.78 is 48.9. The average Bonchev–Trinajstić information content (AvgIpc) is 2.17. The Morgan fingerprint density at radius 2 is 2.00 bits per heavy atom. The summed E-state index contributed by atoms with van der Waals surface area (Å²) in [5.41, 5.74) is 2.66. The number of nitrogens with one attached hydrogen (secondary N) is 1. The van der Waals surface area contributed by atoms with Gasteiger partial charge in [-0.2, -0.15) is 13.2 Å². The van der Waals surface area contributed by atoms with E-state index in [0.29, 0.717) is 5.56 Å². The molecular weight excluding hydrogens is 224 g/mol. The molecule has 1 aromatic rings. The van der Waals surface area contributed by atoms with Gasteiger partial charge >= 0.3 is 6.18 Å². The number of hydrogen-bond donors (Lipinski definition) is 2. The number of hydrazine groups is 1. The molecular formula is C10H12F4N2. The van der Waals surface area contributed by atoms with Crippen molar-refractivity contribution >= 4 is 0 Å². The lowest BCUT2D eigenvalue weighted by molar-refractivity contribution is -0.136. The summed E-state index contributed by atoms with van der Waals surface area (Å²) in [5, 5.41) is 0. The van der Waals surface area contributed by atoms with E-state index in [1.54, 1.807) is 0 Å². The largest absolute Gasteiger partial charge is 0.389 e. The highest BCUT2D eigenvalue weighted by atomic mass is 19.4. The lowest BCUT2D eigenvalue weighted by Gasteiger charge is -2.17. The Kier molecular flexibility index (Phi) is 4.26. The van der Waals surface area contributed by atoms with Crippen molar-refractivity contribution in [1.29, 1.82) is 0 Å². The van der Waals surface area contributed by atoms with Crippen LogP contribution < -0.4 is 11.3 Å². The number of alkyl halides is 3. The van der Waals surface area contributed by atoms with Gasteiger partial charge < -0.3 is 0 Å². The van der Waals surface area contributed by atoms with Crippen molar-refractivity contribution in [3.05, 3.63) is 35.6 Å². The quantitative estimate of drug-likeness (QED) is 0.479. The van der Waals surface area contributed by atoms with Crippen LogP contribution >= 0.6 is 0 Å². The first-order valence-electron chi connectivity index (χ1n) is 4.71. The zero-order valence-corrected chi connectivity index (χ0v) is 8.39. The molecule has 0 aliphatic rings. The molecule has 0 bridgehead atoms. The number of hydrogen-bond acceptors (Lipinski definition) is 2. The molecule has 0 amide bonds. The van der Waals surface area contributed by atoms with Gasteiger partial charge in [0.15, 0.2) is 0 Å². The topological polar surface area (TPSA) is 38.0 Å². The summed E-state index contributed by atoms with van der Waals surface area (Å²) in [6, 6.07) is 4.66. The van der Waals surface area contributed by atoms with E-state index < -0.39 is 24.5 Å². The van der Waals surface area contributed by atoms with Gasteiger partial charge in [-0.3, -0.25) is 11.3 Å². The van der Waals surface area contributed by atoms with E-state index in [-0.39, 0.29) is 6.42 Å². The van der Waals surface area contributed by atoms with Crippen LogP contribution in [0.15, 0.2) is 24.3 Å². The summed E-state index contributed by atoms with van der Waals surface area (Å²) in [5.74, 6) is 4.65. The molecule has 16 heavy (non-hydrogen) atoms. The van der Waals surface area contributed by atoms with Gasteiger partial charge in [0.2, 0.25) is 0 Å². The molecule has 0 heterocycles. The maximum Gasteiger partial charge on any atom is 0.389 e. The van der Waals surface area contributed by atoms with Gasteiger partial charge in [-0.05, 0) is 24.1 Å². The maximum atomic E-state index is 12.8. The van der Waals surface area contributed by atoms with Gasteiger partial charge in [-0.1, -0.05) is 12.1 Å². The molecule has 6 heteroatoms. The molecule has 1 rings (SSSR count). The molecule has 3 N–H and O–H groups in total. The van der Waals surface area contributed by atoms with Gasteiger partial charge in [0.05, 0.1) is 0 Å². The Morgan fingerprint density at radius 1 is 1.31 bits per heavy atom. The molecule has 1 unspecified atom stereocenters. The summed E-state index contributed by atoms with van der Waals surface area (Å²) in [4.78, 5) is 0. The van der Waals surface area contributed by atoms with Crippen LogP contribution in [-0.4, -0.2) is 6.18 Å². The van der Waals surface area contributed by atoms with Crippen LogP contribution in [0.2, 0.25) is 0 Å². The Hall–Kier alpha value is -1.14. The molecule has 90 valence electrons. The highest BCUT2D eigenvalue weighted by Crippen LogP contribution is 2.27. The van der Waals surface area contributed by atoms with E-state index in [1.165, 1.54) is 24.3 Å². The fourth-order valence-corrected chi connectivity index (χ4v) is 1.38. The summed E-state index contributed by atoms with van der Waals surface area (Å²) in [6.07, 6.45) is -5.41. The summed E-state index contributed by atoms with van der Waals surface area (Å²) in [6.45, 7) is 0. The zero-order chi connectivity index (χ0) is 12.2. The molecule has 0 aliphatic carbocycles. The molecule has 1 aromatic carbocycles. The molecule has 0 aromatic heterocycles. The van der Waals surface area contributed by atoms with E-state index >= 15 is 0 Å². The predicted octanol–water partition coefficient (Wildman–Crippen LogP) is 2.67. The van der Waals surface area contributed by atoms with E-state index in [1.807, 2.05) is 0 Å². The van der Waals surface area contributed by atoms with Crippen LogP contribution in [0.4, 0.5) is 17.6 Å². The fourth-order valence-electron chi connectivity index (χ4n) is 1.38. The third-order valence-electron chi connectivity index (χ3n) is 2.17. The van der Waals surface area contributed by atoms with E-state index in [4.69, 9.17) is 5.84 Å². The minimum Gasteiger partial charge on any atom is -0.271 e. The minimum atomic E-state index is -4.23. The molecule has 1 atom stereocenters. The molecule has 0 saturated heterocycles. The Labute approximate surface area is 90.4 Å². The Morgan fingerprint density at radius 3 is 2.50 bits per heavy atom. The van der Waals surface area contributed by atoms with Crippen LogP contribution in [0.25, 0.3) is 0 Å². The van der Waals surface area contributed by atoms with Crippen molar-refractivity contribution < 1.29 is 17.6 Å². The lowest BCUT2D eigenvalue weighted by Crippen LogP contribution is -2.29. The number of rotatable bonds is 4. The minimum absolute atomic E-state index is 0.219. The van der Waals surface area contributed by atoms with E-state index in [9.17, 15) is 17.6 Å². The van der Waals surface area contributed by atoms with Crippen molar-refractivity contribution in [2.75, 3.05) is 0 Å². The van der Waals surface area contributed by atoms with Crippen LogP contribution in [0.3, 0.4) is 0 Å². The second-order valence-corrected chi connectivity index (χ2v) is 3.43.